The van der Waals surface area contributed by atoms with Gasteiger partial charge in [-0.2, -0.15) is 13.2 Å². The van der Waals surface area contributed by atoms with E-state index in [1.807, 2.05) is 0 Å². The van der Waals surface area contributed by atoms with Gasteiger partial charge in [-0.3, -0.25) is 4.98 Å². The van der Waals surface area contributed by atoms with E-state index in [1.165, 1.54) is 12.1 Å². The monoisotopic (exact) mass is 241 g/mol. The van der Waals surface area contributed by atoms with E-state index in [1.54, 1.807) is 0 Å². The molecule has 1 aromatic carbocycles. The molecule has 0 unspecified atom stereocenters. The van der Waals surface area contributed by atoms with Crippen LogP contribution in [0.2, 0.25) is 0 Å². The Morgan fingerprint density at radius 2 is 1.76 bits per heavy atom. The number of hydrogen-bond acceptors (Lipinski definition) is 3. The van der Waals surface area contributed by atoms with E-state index < -0.39 is 18.9 Å². The predicted octanol–water partition coefficient (Wildman–Crippen LogP) is 0.933. The Morgan fingerprint density at radius 1 is 1.06 bits per heavy atom. The summed E-state index contributed by atoms with van der Waals surface area (Å²) in [6.45, 7) is 0. The van der Waals surface area contributed by atoms with Gasteiger partial charge in [-0.25, -0.2) is 0 Å². The smallest absolute Gasteiger partial charge is 0.423 e. The molecule has 0 radical (unpaired) electrons. The molecule has 7 heteroatoms. The summed E-state index contributed by atoms with van der Waals surface area (Å²) in [5, 5.41) is 18.1. The molecule has 88 valence electrons. The van der Waals surface area contributed by atoms with Gasteiger partial charge in [0, 0.05) is 23.2 Å². The summed E-state index contributed by atoms with van der Waals surface area (Å²) >= 11 is 0. The van der Waals surface area contributed by atoms with Crippen LogP contribution in [0.5, 0.6) is 0 Å². The molecule has 0 amide bonds. The molecule has 3 nitrogen and oxygen atoms in total. The molecule has 2 N–H and O–H groups in total. The second kappa shape index (κ2) is 4.01. The molecule has 0 fully saturated rings. The number of fused-ring (bicyclic) bond motifs is 1. The molecule has 0 spiro atoms. The van der Waals surface area contributed by atoms with Crippen molar-refractivity contribution in [3.05, 3.63) is 36.2 Å². The van der Waals surface area contributed by atoms with Crippen molar-refractivity contribution in [1.82, 2.24) is 4.98 Å². The van der Waals surface area contributed by atoms with Crippen LogP contribution in [0, 0.1) is 0 Å². The molecule has 0 atom stereocenters. The third kappa shape index (κ3) is 2.11. The number of aromatic nitrogens is 1. The molecule has 0 aliphatic carbocycles. The summed E-state index contributed by atoms with van der Waals surface area (Å²) in [6, 6.07) is 3.54. The molecule has 0 saturated heterocycles. The van der Waals surface area contributed by atoms with Crippen molar-refractivity contribution in [1.29, 1.82) is 0 Å². The molecule has 1 heterocycles. The first kappa shape index (κ1) is 11.9. The largest absolute Gasteiger partial charge is 0.490 e. The van der Waals surface area contributed by atoms with Crippen molar-refractivity contribution in [2.24, 2.45) is 0 Å². The molecule has 0 saturated carbocycles. The van der Waals surface area contributed by atoms with Gasteiger partial charge in [0.15, 0.2) is 0 Å². The van der Waals surface area contributed by atoms with Crippen LogP contribution >= 0.6 is 0 Å². The van der Waals surface area contributed by atoms with Crippen LogP contribution in [0.15, 0.2) is 30.6 Å². The maximum Gasteiger partial charge on any atom is 0.490 e. The lowest BCUT2D eigenvalue weighted by atomic mass is 9.78. The number of hydrogen-bond donors (Lipinski definition) is 2. The highest BCUT2D eigenvalue weighted by Gasteiger charge is 2.33. The van der Waals surface area contributed by atoms with Gasteiger partial charge in [0.2, 0.25) is 0 Å². The van der Waals surface area contributed by atoms with Crippen LogP contribution in [-0.4, -0.2) is 22.2 Å². The maximum absolute atomic E-state index is 12.7. The van der Waals surface area contributed by atoms with Crippen LogP contribution in [-0.2, 0) is 6.18 Å². The lowest BCUT2D eigenvalue weighted by Gasteiger charge is -2.11. The van der Waals surface area contributed by atoms with Crippen molar-refractivity contribution in [3.8, 4) is 0 Å². The van der Waals surface area contributed by atoms with E-state index in [9.17, 15) is 13.2 Å². The molecule has 2 rings (SSSR count). The second-order valence-electron chi connectivity index (χ2n) is 3.50. The normalized spacial score (nSPS) is 11.8. The van der Waals surface area contributed by atoms with Crippen LogP contribution in [0.3, 0.4) is 0 Å². The molecule has 0 aliphatic heterocycles. The van der Waals surface area contributed by atoms with Gasteiger partial charge < -0.3 is 10.0 Å². The van der Waals surface area contributed by atoms with E-state index in [0.717, 1.165) is 18.5 Å². The molecule has 17 heavy (non-hydrogen) atoms. The minimum atomic E-state index is -4.50. The van der Waals surface area contributed by atoms with E-state index in [2.05, 4.69) is 4.98 Å². The van der Waals surface area contributed by atoms with Gasteiger partial charge in [-0.1, -0.05) is 12.1 Å². The summed E-state index contributed by atoms with van der Waals surface area (Å²) in [5.41, 5.74) is -0.890. The van der Waals surface area contributed by atoms with Crippen LogP contribution in [0.25, 0.3) is 10.8 Å². The minimum Gasteiger partial charge on any atom is -0.423 e. The Kier molecular flexibility index (Phi) is 2.80. The Hall–Kier alpha value is -1.60. The van der Waals surface area contributed by atoms with E-state index in [-0.39, 0.29) is 16.2 Å². The molecule has 0 bridgehead atoms. The zero-order valence-corrected chi connectivity index (χ0v) is 8.44. The maximum atomic E-state index is 12.7. The van der Waals surface area contributed by atoms with Gasteiger partial charge >= 0.3 is 13.3 Å². The van der Waals surface area contributed by atoms with Gasteiger partial charge in [-0.05, 0) is 11.5 Å². The number of pyridine rings is 1. The lowest BCUT2D eigenvalue weighted by Crippen LogP contribution is -2.31. The molecule has 0 aliphatic rings. The first-order valence-corrected chi connectivity index (χ1v) is 4.71. The van der Waals surface area contributed by atoms with Crippen LogP contribution < -0.4 is 5.46 Å². The highest BCUT2D eigenvalue weighted by Crippen LogP contribution is 2.33. The summed E-state index contributed by atoms with van der Waals surface area (Å²) in [7, 11) is -1.85. The second-order valence-corrected chi connectivity index (χ2v) is 3.50. The topological polar surface area (TPSA) is 53.4 Å². The number of benzene rings is 1. The van der Waals surface area contributed by atoms with Crippen molar-refractivity contribution < 1.29 is 23.2 Å². The Labute approximate surface area is 94.7 Å². The highest BCUT2D eigenvalue weighted by atomic mass is 19.4. The fourth-order valence-electron chi connectivity index (χ4n) is 1.67. The van der Waals surface area contributed by atoms with Crippen LogP contribution in [0.4, 0.5) is 13.2 Å². The SMILES string of the molecule is OB(O)c1cncc2c(C(F)(F)F)cccc12. The zero-order valence-electron chi connectivity index (χ0n) is 8.44. The van der Waals surface area contributed by atoms with Gasteiger partial charge in [0.05, 0.1) is 5.56 Å². The fraction of sp³-hybridized carbons (Fsp3) is 0.100. The third-order valence-electron chi connectivity index (χ3n) is 2.42. The van der Waals surface area contributed by atoms with Gasteiger partial charge in [0.25, 0.3) is 0 Å². The first-order chi connectivity index (χ1) is 7.91. The third-order valence-corrected chi connectivity index (χ3v) is 2.42. The zero-order chi connectivity index (χ0) is 12.6. The summed E-state index contributed by atoms with van der Waals surface area (Å²) < 4.78 is 38.1. The predicted molar refractivity (Wildman–Crippen MR) is 56.6 cm³/mol. The highest BCUT2D eigenvalue weighted by molar-refractivity contribution is 6.61. The van der Waals surface area contributed by atoms with Gasteiger partial charge in [-0.15, -0.1) is 0 Å². The first-order valence-electron chi connectivity index (χ1n) is 4.71. The average molecular weight is 241 g/mol. The Balaban J connectivity index is 2.79. The van der Waals surface area contributed by atoms with E-state index in [0.29, 0.717) is 0 Å². The van der Waals surface area contributed by atoms with Crippen molar-refractivity contribution in [3.63, 3.8) is 0 Å². The summed E-state index contributed by atoms with van der Waals surface area (Å²) in [5.74, 6) is 0. The van der Waals surface area contributed by atoms with Crippen molar-refractivity contribution in [2.45, 2.75) is 6.18 Å². The number of alkyl halides is 3. The lowest BCUT2D eigenvalue weighted by molar-refractivity contribution is -0.136. The van der Waals surface area contributed by atoms with Crippen molar-refractivity contribution >= 4 is 23.4 Å². The van der Waals surface area contributed by atoms with E-state index >= 15 is 0 Å². The molecule has 2 aromatic rings. The standard InChI is InChI=1S/C10H7BF3NO2/c12-10(13,14)8-3-1-2-6-7(8)4-15-5-9(6)11(16)17/h1-5,16-17H. The Bertz CT molecular complexity index is 557. The Morgan fingerprint density at radius 3 is 2.35 bits per heavy atom. The minimum absolute atomic E-state index is 0.0476. The van der Waals surface area contributed by atoms with Crippen LogP contribution in [0.1, 0.15) is 5.56 Å². The van der Waals surface area contributed by atoms with E-state index in [4.69, 9.17) is 10.0 Å². The number of rotatable bonds is 1. The average Bonchev–Trinajstić information content (AvgIpc) is 2.26. The molecular weight excluding hydrogens is 234 g/mol. The fourth-order valence-corrected chi connectivity index (χ4v) is 1.67. The quantitative estimate of drug-likeness (QED) is 0.730. The molecule has 1 aromatic heterocycles. The number of nitrogens with zero attached hydrogens (tertiary/aromatic N) is 1. The van der Waals surface area contributed by atoms with Gasteiger partial charge in [0.1, 0.15) is 0 Å². The number of halogens is 3. The van der Waals surface area contributed by atoms with Crippen molar-refractivity contribution in [2.75, 3.05) is 0 Å². The summed E-state index contributed by atoms with van der Waals surface area (Å²) in [6.07, 6.45) is -2.31. The summed E-state index contributed by atoms with van der Waals surface area (Å²) in [4.78, 5) is 3.59. The molecular formula is C10H7BF3NO2.